The molecule has 2 aliphatic rings. The van der Waals surface area contributed by atoms with E-state index in [-0.39, 0.29) is 6.10 Å². The van der Waals surface area contributed by atoms with Crippen LogP contribution in [0.4, 0.5) is 0 Å². The number of rotatable bonds is 0. The van der Waals surface area contributed by atoms with Crippen molar-refractivity contribution < 1.29 is 5.11 Å². The number of thioether (sulfide) groups is 2. The van der Waals surface area contributed by atoms with E-state index in [9.17, 15) is 5.11 Å². The maximum atomic E-state index is 9.65. The van der Waals surface area contributed by atoms with Crippen LogP contribution in [0.2, 0.25) is 0 Å². The van der Waals surface area contributed by atoms with Crippen LogP contribution in [-0.2, 0) is 0 Å². The lowest BCUT2D eigenvalue weighted by atomic mass is 9.85. The molecule has 2 saturated heterocycles. The largest absolute Gasteiger partial charge is 0.392 e. The first-order valence-corrected chi connectivity index (χ1v) is 5.98. The lowest BCUT2D eigenvalue weighted by Crippen LogP contribution is -2.50. The highest BCUT2D eigenvalue weighted by Gasteiger charge is 2.45. The average molecular weight is 176 g/mol. The quantitative estimate of drug-likeness (QED) is 0.599. The fourth-order valence-electron chi connectivity index (χ4n) is 1.51. The Hall–Kier alpha value is 0.660. The molecule has 1 atom stereocenters. The Morgan fingerprint density at radius 2 is 1.90 bits per heavy atom. The molecule has 0 amide bonds. The van der Waals surface area contributed by atoms with E-state index in [1.807, 2.05) is 23.5 Å². The first-order valence-electron chi connectivity index (χ1n) is 3.67. The number of hydrogen-bond donors (Lipinski definition) is 1. The van der Waals surface area contributed by atoms with Gasteiger partial charge in [-0.15, -0.1) is 0 Å². The Morgan fingerprint density at radius 1 is 1.20 bits per heavy atom. The van der Waals surface area contributed by atoms with Crippen LogP contribution < -0.4 is 0 Å². The standard InChI is InChI=1S/C7H12OS2/c8-6-1-2-9-3-7(6)4-10-5-7/h6,8H,1-5H2. The van der Waals surface area contributed by atoms with Gasteiger partial charge in [0, 0.05) is 22.7 Å². The van der Waals surface area contributed by atoms with Gasteiger partial charge >= 0.3 is 0 Å². The van der Waals surface area contributed by atoms with Gasteiger partial charge in [0.2, 0.25) is 0 Å². The summed E-state index contributed by atoms with van der Waals surface area (Å²) in [6.45, 7) is 0. The molecule has 0 aromatic heterocycles. The molecular formula is C7H12OS2. The van der Waals surface area contributed by atoms with Crippen LogP contribution in [0.15, 0.2) is 0 Å². The highest BCUT2D eigenvalue weighted by molar-refractivity contribution is 8.01. The van der Waals surface area contributed by atoms with Gasteiger partial charge in [-0.1, -0.05) is 0 Å². The Labute approximate surface area is 70.0 Å². The molecule has 0 saturated carbocycles. The minimum Gasteiger partial charge on any atom is -0.392 e. The Bertz CT molecular complexity index is 134. The fraction of sp³-hybridized carbons (Fsp3) is 1.00. The average Bonchev–Trinajstić information content (AvgIpc) is 1.85. The van der Waals surface area contributed by atoms with Crippen molar-refractivity contribution in [2.24, 2.45) is 5.41 Å². The third-order valence-corrected chi connectivity index (χ3v) is 5.27. The Balaban J connectivity index is 2.03. The molecule has 0 radical (unpaired) electrons. The molecule has 1 nitrogen and oxygen atoms in total. The van der Waals surface area contributed by atoms with E-state index >= 15 is 0 Å². The third-order valence-electron chi connectivity index (χ3n) is 2.41. The Morgan fingerprint density at radius 3 is 2.30 bits per heavy atom. The highest BCUT2D eigenvalue weighted by Crippen LogP contribution is 2.47. The minimum atomic E-state index is 0.00926. The number of aliphatic hydroxyl groups excluding tert-OH is 1. The predicted octanol–water partition coefficient (Wildman–Crippen LogP) is 1.22. The van der Waals surface area contributed by atoms with Gasteiger partial charge in [-0.05, 0) is 12.2 Å². The van der Waals surface area contributed by atoms with Crippen LogP contribution in [0, 0.1) is 5.41 Å². The lowest BCUT2D eigenvalue weighted by molar-refractivity contribution is 0.0592. The maximum Gasteiger partial charge on any atom is 0.0628 e. The summed E-state index contributed by atoms with van der Waals surface area (Å²) in [5, 5.41) is 9.65. The second kappa shape index (κ2) is 2.61. The van der Waals surface area contributed by atoms with Crippen molar-refractivity contribution in [3.05, 3.63) is 0 Å². The summed E-state index contributed by atoms with van der Waals surface area (Å²) < 4.78 is 0. The highest BCUT2D eigenvalue weighted by atomic mass is 32.2. The molecule has 1 unspecified atom stereocenters. The van der Waals surface area contributed by atoms with Crippen molar-refractivity contribution in [3.8, 4) is 0 Å². The summed E-state index contributed by atoms with van der Waals surface area (Å²) in [6, 6.07) is 0. The smallest absolute Gasteiger partial charge is 0.0628 e. The molecule has 0 aliphatic carbocycles. The predicted molar refractivity (Wildman–Crippen MR) is 47.7 cm³/mol. The summed E-state index contributed by atoms with van der Waals surface area (Å²) in [5.74, 6) is 4.75. The molecule has 2 rings (SSSR count). The minimum absolute atomic E-state index is 0.00926. The molecule has 10 heavy (non-hydrogen) atoms. The van der Waals surface area contributed by atoms with Gasteiger partial charge < -0.3 is 5.11 Å². The zero-order chi connectivity index (χ0) is 7.03. The van der Waals surface area contributed by atoms with Gasteiger partial charge in [-0.25, -0.2) is 0 Å². The van der Waals surface area contributed by atoms with Crippen LogP contribution in [0.25, 0.3) is 0 Å². The summed E-state index contributed by atoms with van der Waals surface area (Å²) in [6.07, 6.45) is 1.03. The van der Waals surface area contributed by atoms with Gasteiger partial charge in [0.15, 0.2) is 0 Å². The van der Waals surface area contributed by atoms with Gasteiger partial charge in [0.25, 0.3) is 0 Å². The van der Waals surface area contributed by atoms with E-state index in [4.69, 9.17) is 0 Å². The van der Waals surface area contributed by atoms with Crippen LogP contribution in [0.3, 0.4) is 0 Å². The zero-order valence-electron chi connectivity index (χ0n) is 5.88. The van der Waals surface area contributed by atoms with Crippen molar-refractivity contribution in [2.75, 3.05) is 23.0 Å². The molecule has 0 aromatic rings. The van der Waals surface area contributed by atoms with Crippen LogP contribution in [0.5, 0.6) is 0 Å². The maximum absolute atomic E-state index is 9.65. The molecule has 58 valence electrons. The molecule has 2 aliphatic heterocycles. The molecule has 3 heteroatoms. The van der Waals surface area contributed by atoms with E-state index in [1.54, 1.807) is 0 Å². The van der Waals surface area contributed by atoms with Gasteiger partial charge in [0.1, 0.15) is 0 Å². The molecule has 1 N–H and O–H groups in total. The molecule has 2 heterocycles. The topological polar surface area (TPSA) is 20.2 Å². The first-order chi connectivity index (χ1) is 4.83. The van der Waals surface area contributed by atoms with Crippen molar-refractivity contribution in [3.63, 3.8) is 0 Å². The number of aliphatic hydroxyl groups is 1. The normalized spacial score (nSPS) is 37.5. The first kappa shape index (κ1) is 7.32. The summed E-state index contributed by atoms with van der Waals surface area (Å²) in [5.41, 5.74) is 0.341. The van der Waals surface area contributed by atoms with E-state index in [2.05, 4.69) is 0 Å². The fourth-order valence-corrected chi connectivity index (χ4v) is 4.43. The third kappa shape index (κ3) is 0.990. The van der Waals surface area contributed by atoms with Crippen LogP contribution in [0.1, 0.15) is 6.42 Å². The van der Waals surface area contributed by atoms with E-state index < -0.39 is 0 Å². The second-order valence-electron chi connectivity index (χ2n) is 3.21. The molecule has 0 aromatic carbocycles. The summed E-state index contributed by atoms with van der Waals surface area (Å²) in [4.78, 5) is 0. The van der Waals surface area contributed by atoms with Crippen molar-refractivity contribution >= 4 is 23.5 Å². The number of hydrogen-bond acceptors (Lipinski definition) is 3. The molecule has 0 bridgehead atoms. The van der Waals surface area contributed by atoms with Crippen LogP contribution >= 0.6 is 23.5 Å². The van der Waals surface area contributed by atoms with E-state index in [0.29, 0.717) is 5.41 Å². The van der Waals surface area contributed by atoms with Crippen molar-refractivity contribution in [2.45, 2.75) is 12.5 Å². The molecular weight excluding hydrogens is 164 g/mol. The van der Waals surface area contributed by atoms with E-state index in [1.165, 1.54) is 17.3 Å². The SMILES string of the molecule is OC1CCSCC12CSC2. The van der Waals surface area contributed by atoms with Crippen LogP contribution in [-0.4, -0.2) is 34.2 Å². The Kier molecular flexibility index (Phi) is 1.91. The molecule has 2 fully saturated rings. The van der Waals surface area contributed by atoms with E-state index in [0.717, 1.165) is 12.2 Å². The van der Waals surface area contributed by atoms with Gasteiger partial charge in [0.05, 0.1) is 6.10 Å². The second-order valence-corrected chi connectivity index (χ2v) is 5.30. The monoisotopic (exact) mass is 176 g/mol. The lowest BCUT2D eigenvalue weighted by Gasteiger charge is -2.47. The summed E-state index contributed by atoms with van der Waals surface area (Å²) in [7, 11) is 0. The summed E-state index contributed by atoms with van der Waals surface area (Å²) >= 11 is 3.98. The van der Waals surface area contributed by atoms with Crippen molar-refractivity contribution in [1.29, 1.82) is 0 Å². The van der Waals surface area contributed by atoms with Crippen molar-refractivity contribution in [1.82, 2.24) is 0 Å². The van der Waals surface area contributed by atoms with Gasteiger partial charge in [-0.2, -0.15) is 23.5 Å². The zero-order valence-corrected chi connectivity index (χ0v) is 7.51. The molecule has 1 spiro atoms. The van der Waals surface area contributed by atoms with Gasteiger partial charge in [-0.3, -0.25) is 0 Å².